The average molecular weight is 248 g/mol. The maximum atomic E-state index is 12.7. The molecule has 0 heterocycles. The number of thioether (sulfide) groups is 1. The van der Waals surface area contributed by atoms with Crippen molar-refractivity contribution in [2.75, 3.05) is 6.26 Å². The molecule has 1 aromatic carbocycles. The van der Waals surface area contributed by atoms with Gasteiger partial charge in [0.2, 0.25) is 0 Å². The first-order valence-electron chi connectivity index (χ1n) is 4.92. The van der Waals surface area contributed by atoms with Crippen LogP contribution in [0.3, 0.4) is 0 Å². The monoisotopic (exact) mass is 248 g/mol. The number of ether oxygens (including phenoxy) is 1. The SMILES string of the molecule is CSc1ccc(OC2CC2)cc1C(F)(F)F. The second-order valence-electron chi connectivity index (χ2n) is 3.68. The van der Waals surface area contributed by atoms with Crippen molar-refractivity contribution in [1.29, 1.82) is 0 Å². The van der Waals surface area contributed by atoms with Crippen LogP contribution in [0.25, 0.3) is 0 Å². The lowest BCUT2D eigenvalue weighted by atomic mass is 10.2. The zero-order valence-corrected chi connectivity index (χ0v) is 9.49. The third-order valence-electron chi connectivity index (χ3n) is 2.30. The molecule has 1 saturated carbocycles. The Bertz CT molecular complexity index is 385. The molecule has 5 heteroatoms. The van der Waals surface area contributed by atoms with E-state index in [2.05, 4.69) is 0 Å². The van der Waals surface area contributed by atoms with Crippen LogP contribution in [0, 0.1) is 0 Å². The highest BCUT2D eigenvalue weighted by Crippen LogP contribution is 2.39. The molecule has 0 unspecified atom stereocenters. The van der Waals surface area contributed by atoms with Gasteiger partial charge in [-0.3, -0.25) is 0 Å². The van der Waals surface area contributed by atoms with Gasteiger partial charge in [0.1, 0.15) is 5.75 Å². The highest BCUT2D eigenvalue weighted by molar-refractivity contribution is 7.98. The average Bonchev–Trinajstić information content (AvgIpc) is 3.00. The molecule has 0 atom stereocenters. The van der Waals surface area contributed by atoms with Crippen molar-refractivity contribution in [3.8, 4) is 5.75 Å². The summed E-state index contributed by atoms with van der Waals surface area (Å²) in [5.41, 5.74) is -0.613. The van der Waals surface area contributed by atoms with Crippen molar-refractivity contribution >= 4 is 11.8 Å². The summed E-state index contributed by atoms with van der Waals surface area (Å²) in [6.45, 7) is 0. The summed E-state index contributed by atoms with van der Waals surface area (Å²) in [6, 6.07) is 4.15. The van der Waals surface area contributed by atoms with E-state index in [1.807, 2.05) is 0 Å². The van der Waals surface area contributed by atoms with Crippen LogP contribution in [0.2, 0.25) is 0 Å². The van der Waals surface area contributed by atoms with Gasteiger partial charge in [0.15, 0.2) is 0 Å². The van der Waals surface area contributed by atoms with Gasteiger partial charge in [0.25, 0.3) is 0 Å². The van der Waals surface area contributed by atoms with Crippen molar-refractivity contribution in [3.05, 3.63) is 23.8 Å². The van der Waals surface area contributed by atoms with Crippen molar-refractivity contribution in [3.63, 3.8) is 0 Å². The molecule has 1 fully saturated rings. The molecule has 0 aromatic heterocycles. The Balaban J connectivity index is 2.29. The quantitative estimate of drug-likeness (QED) is 0.748. The summed E-state index contributed by atoms with van der Waals surface area (Å²) >= 11 is 1.09. The van der Waals surface area contributed by atoms with Crippen LogP contribution in [0.5, 0.6) is 5.75 Å². The Morgan fingerprint density at radius 2 is 2.00 bits per heavy atom. The minimum Gasteiger partial charge on any atom is -0.490 e. The fourth-order valence-electron chi connectivity index (χ4n) is 1.36. The van der Waals surface area contributed by atoms with E-state index in [0.717, 1.165) is 30.7 Å². The van der Waals surface area contributed by atoms with Crippen LogP contribution in [0.4, 0.5) is 13.2 Å². The van der Waals surface area contributed by atoms with Gasteiger partial charge in [0.05, 0.1) is 11.7 Å². The van der Waals surface area contributed by atoms with E-state index < -0.39 is 11.7 Å². The number of rotatable bonds is 3. The van der Waals surface area contributed by atoms with Gasteiger partial charge < -0.3 is 4.74 Å². The summed E-state index contributed by atoms with van der Waals surface area (Å²) in [7, 11) is 0. The topological polar surface area (TPSA) is 9.23 Å². The fraction of sp³-hybridized carbons (Fsp3) is 0.455. The van der Waals surface area contributed by atoms with Crippen LogP contribution in [-0.4, -0.2) is 12.4 Å². The minimum atomic E-state index is -4.32. The molecule has 88 valence electrons. The van der Waals surface area contributed by atoms with Crippen molar-refractivity contribution in [2.45, 2.75) is 30.0 Å². The summed E-state index contributed by atoms with van der Waals surface area (Å²) in [5, 5.41) is 0. The van der Waals surface area contributed by atoms with Gasteiger partial charge >= 0.3 is 6.18 Å². The first kappa shape index (κ1) is 11.6. The predicted octanol–water partition coefficient (Wildman–Crippen LogP) is 3.97. The molecule has 0 spiro atoms. The van der Waals surface area contributed by atoms with Crippen LogP contribution < -0.4 is 4.74 Å². The molecule has 0 N–H and O–H groups in total. The van der Waals surface area contributed by atoms with Crippen LogP contribution in [-0.2, 0) is 6.18 Å². The molecule has 16 heavy (non-hydrogen) atoms. The number of hydrogen-bond acceptors (Lipinski definition) is 2. The molecule has 0 amide bonds. The Kier molecular flexibility index (Phi) is 3.06. The lowest BCUT2D eigenvalue weighted by molar-refractivity contribution is -0.139. The molecule has 0 aliphatic heterocycles. The van der Waals surface area contributed by atoms with Gasteiger partial charge in [-0.25, -0.2) is 0 Å². The number of hydrogen-bond donors (Lipinski definition) is 0. The molecule has 1 nitrogen and oxygen atoms in total. The Hall–Kier alpha value is -0.840. The van der Waals surface area contributed by atoms with Crippen molar-refractivity contribution in [1.82, 2.24) is 0 Å². The molecule has 2 rings (SSSR count). The van der Waals surface area contributed by atoms with Crippen LogP contribution in [0.15, 0.2) is 23.1 Å². The first-order chi connectivity index (χ1) is 7.50. The fourth-order valence-corrected chi connectivity index (χ4v) is 1.96. The number of alkyl halides is 3. The van der Waals surface area contributed by atoms with Crippen molar-refractivity contribution in [2.24, 2.45) is 0 Å². The lowest BCUT2D eigenvalue weighted by Crippen LogP contribution is -2.07. The Morgan fingerprint density at radius 3 is 2.50 bits per heavy atom. The smallest absolute Gasteiger partial charge is 0.417 e. The normalized spacial score (nSPS) is 16.2. The van der Waals surface area contributed by atoms with Gasteiger partial charge in [-0.1, -0.05) is 0 Å². The van der Waals surface area contributed by atoms with Gasteiger partial charge in [-0.15, -0.1) is 11.8 Å². The number of benzene rings is 1. The molecular formula is C11H11F3OS. The molecule has 0 radical (unpaired) electrons. The minimum absolute atomic E-state index is 0.112. The van der Waals surface area contributed by atoms with Gasteiger partial charge in [0, 0.05) is 4.90 Å². The van der Waals surface area contributed by atoms with E-state index in [1.165, 1.54) is 6.07 Å². The maximum Gasteiger partial charge on any atom is 0.417 e. The molecule has 0 saturated heterocycles. The van der Waals surface area contributed by atoms with Crippen LogP contribution >= 0.6 is 11.8 Å². The number of halogens is 3. The van der Waals surface area contributed by atoms with Crippen molar-refractivity contribution < 1.29 is 17.9 Å². The first-order valence-corrected chi connectivity index (χ1v) is 6.15. The lowest BCUT2D eigenvalue weighted by Gasteiger charge is -2.13. The zero-order valence-electron chi connectivity index (χ0n) is 8.67. The third kappa shape index (κ3) is 2.64. The Morgan fingerprint density at radius 1 is 1.31 bits per heavy atom. The second kappa shape index (κ2) is 4.20. The van der Waals surface area contributed by atoms with E-state index >= 15 is 0 Å². The van der Waals surface area contributed by atoms with Gasteiger partial charge in [-0.2, -0.15) is 13.2 Å². The second-order valence-corrected chi connectivity index (χ2v) is 4.53. The van der Waals surface area contributed by atoms with E-state index in [0.29, 0.717) is 5.75 Å². The molecule has 1 aliphatic rings. The molecule has 1 aromatic rings. The van der Waals surface area contributed by atoms with Crippen LogP contribution in [0.1, 0.15) is 18.4 Å². The largest absolute Gasteiger partial charge is 0.490 e. The van der Waals surface area contributed by atoms with E-state index in [4.69, 9.17) is 4.74 Å². The highest BCUT2D eigenvalue weighted by Gasteiger charge is 2.34. The predicted molar refractivity (Wildman–Crippen MR) is 56.9 cm³/mol. The maximum absolute atomic E-state index is 12.7. The summed E-state index contributed by atoms with van der Waals surface area (Å²) in [4.78, 5) is 0.232. The third-order valence-corrected chi connectivity index (χ3v) is 3.10. The summed E-state index contributed by atoms with van der Waals surface area (Å²) in [5.74, 6) is 0.313. The van der Waals surface area contributed by atoms with Gasteiger partial charge in [-0.05, 0) is 37.3 Å². The molecule has 1 aliphatic carbocycles. The zero-order chi connectivity index (χ0) is 11.8. The van der Waals surface area contributed by atoms with E-state index in [1.54, 1.807) is 12.3 Å². The van der Waals surface area contributed by atoms with E-state index in [9.17, 15) is 13.2 Å². The summed E-state index contributed by atoms with van der Waals surface area (Å²) < 4.78 is 43.5. The Labute approximate surface area is 96.0 Å². The highest BCUT2D eigenvalue weighted by atomic mass is 32.2. The molecular weight excluding hydrogens is 237 g/mol. The summed E-state index contributed by atoms with van der Waals surface area (Å²) in [6.07, 6.45) is -0.703. The standard InChI is InChI=1S/C11H11F3OS/c1-16-10-5-4-8(15-7-2-3-7)6-9(10)11(12,13)14/h4-7H,2-3H2,1H3. The van der Waals surface area contributed by atoms with E-state index in [-0.39, 0.29) is 11.0 Å². The molecule has 0 bridgehead atoms.